The lowest BCUT2D eigenvalue weighted by Crippen LogP contribution is -2.23. The first-order chi connectivity index (χ1) is 15.8. The van der Waals surface area contributed by atoms with Crippen LogP contribution in [0.25, 0.3) is 6.08 Å². The van der Waals surface area contributed by atoms with Crippen LogP contribution in [0, 0.1) is 11.3 Å². The van der Waals surface area contributed by atoms with Gasteiger partial charge in [0.1, 0.15) is 16.5 Å². The summed E-state index contributed by atoms with van der Waals surface area (Å²) in [4.78, 5) is 12.3. The summed E-state index contributed by atoms with van der Waals surface area (Å²) >= 11 is 5.80. The number of methoxy groups -OCH3 is 1. The number of hydrogen-bond acceptors (Lipinski definition) is 6. The lowest BCUT2D eigenvalue weighted by atomic mass is 10.1. The van der Waals surface area contributed by atoms with E-state index >= 15 is 0 Å². The van der Waals surface area contributed by atoms with Gasteiger partial charge in [0.15, 0.2) is 11.5 Å². The molecule has 0 saturated carbocycles. The molecule has 0 aliphatic heterocycles. The lowest BCUT2D eigenvalue weighted by molar-refractivity contribution is -0.117. The normalized spacial score (nSPS) is 11.4. The van der Waals surface area contributed by atoms with Gasteiger partial charge in [0, 0.05) is 11.6 Å². The highest BCUT2D eigenvalue weighted by Gasteiger charge is 2.19. The maximum Gasteiger partial charge on any atom is 0.339 e. The van der Waals surface area contributed by atoms with E-state index in [9.17, 15) is 18.5 Å². The van der Waals surface area contributed by atoms with Crippen LogP contribution in [0.4, 0.5) is 0 Å². The van der Waals surface area contributed by atoms with Gasteiger partial charge in [-0.2, -0.15) is 13.7 Å². The van der Waals surface area contributed by atoms with Crippen molar-refractivity contribution in [1.29, 1.82) is 5.26 Å². The summed E-state index contributed by atoms with van der Waals surface area (Å²) in [5.41, 5.74) is 1.23. The number of hydrogen-bond donors (Lipinski definition) is 1. The van der Waals surface area contributed by atoms with Crippen LogP contribution in [0.3, 0.4) is 0 Å². The fourth-order valence-electron chi connectivity index (χ4n) is 2.80. The second-order valence-corrected chi connectivity index (χ2v) is 8.72. The van der Waals surface area contributed by atoms with E-state index in [4.69, 9.17) is 20.5 Å². The second-order valence-electron chi connectivity index (χ2n) is 6.74. The average molecular weight is 483 g/mol. The molecule has 1 amide bonds. The number of ether oxygens (including phenoxy) is 1. The number of rotatable bonds is 8. The number of nitrogens with zero attached hydrogens (tertiary/aromatic N) is 1. The first kappa shape index (κ1) is 23.9. The minimum Gasteiger partial charge on any atom is -0.493 e. The smallest absolute Gasteiger partial charge is 0.339 e. The maximum absolute atomic E-state index is 12.5. The summed E-state index contributed by atoms with van der Waals surface area (Å²) in [7, 11) is -2.77. The highest BCUT2D eigenvalue weighted by atomic mass is 35.5. The van der Waals surface area contributed by atoms with Crippen LogP contribution in [-0.4, -0.2) is 21.4 Å². The molecule has 168 valence electrons. The summed E-state index contributed by atoms with van der Waals surface area (Å²) in [6.07, 6.45) is 1.38. The first-order valence-electron chi connectivity index (χ1n) is 9.64. The van der Waals surface area contributed by atoms with Gasteiger partial charge in [0.25, 0.3) is 5.91 Å². The van der Waals surface area contributed by atoms with Crippen molar-refractivity contribution in [3.63, 3.8) is 0 Å². The molecule has 0 spiro atoms. The van der Waals surface area contributed by atoms with E-state index in [0.717, 1.165) is 5.56 Å². The average Bonchev–Trinajstić information content (AvgIpc) is 2.82. The minimum atomic E-state index is -4.12. The molecule has 3 aromatic rings. The number of carbonyl (C=O) groups excluding carboxylic acids is 1. The molecule has 9 heteroatoms. The minimum absolute atomic E-state index is 0.0448. The van der Waals surface area contributed by atoms with Gasteiger partial charge in [-0.3, -0.25) is 4.79 Å². The van der Waals surface area contributed by atoms with Gasteiger partial charge in [-0.05, 0) is 53.6 Å². The molecule has 1 N–H and O–H groups in total. The van der Waals surface area contributed by atoms with E-state index in [-0.39, 0.29) is 28.5 Å². The summed E-state index contributed by atoms with van der Waals surface area (Å²) in [6, 6.07) is 21.1. The molecule has 0 heterocycles. The molecule has 0 aliphatic rings. The summed E-state index contributed by atoms with van der Waals surface area (Å²) in [5.74, 6) is -0.467. The quantitative estimate of drug-likeness (QED) is 0.291. The highest BCUT2D eigenvalue weighted by Crippen LogP contribution is 2.31. The van der Waals surface area contributed by atoms with Crippen molar-refractivity contribution in [2.24, 2.45) is 0 Å². The predicted molar refractivity (Wildman–Crippen MR) is 124 cm³/mol. The van der Waals surface area contributed by atoms with E-state index < -0.39 is 16.0 Å². The molecule has 0 saturated heterocycles. The Labute approximate surface area is 197 Å². The number of nitriles is 1. The van der Waals surface area contributed by atoms with Crippen molar-refractivity contribution in [2.45, 2.75) is 11.4 Å². The van der Waals surface area contributed by atoms with Gasteiger partial charge in [0.2, 0.25) is 0 Å². The van der Waals surface area contributed by atoms with Crippen molar-refractivity contribution in [1.82, 2.24) is 5.32 Å². The van der Waals surface area contributed by atoms with E-state index in [1.807, 2.05) is 36.4 Å². The second kappa shape index (κ2) is 10.7. The molecular weight excluding hydrogens is 464 g/mol. The maximum atomic E-state index is 12.5. The van der Waals surface area contributed by atoms with Gasteiger partial charge in [-0.25, -0.2) is 0 Å². The van der Waals surface area contributed by atoms with Crippen molar-refractivity contribution in [3.05, 3.63) is 94.5 Å². The van der Waals surface area contributed by atoms with Crippen LogP contribution in [0.15, 0.2) is 83.3 Å². The molecule has 0 radical (unpaired) electrons. The van der Waals surface area contributed by atoms with Gasteiger partial charge in [-0.1, -0.05) is 48.0 Å². The Balaban J connectivity index is 1.78. The predicted octanol–water partition coefficient (Wildman–Crippen LogP) is 4.34. The Kier molecular flexibility index (Phi) is 7.72. The van der Waals surface area contributed by atoms with E-state index in [1.54, 1.807) is 0 Å². The molecular formula is C24H19ClN2O5S. The summed E-state index contributed by atoms with van der Waals surface area (Å²) in [5, 5.41) is 12.5. The summed E-state index contributed by atoms with van der Waals surface area (Å²) in [6.45, 7) is 0.275. The molecule has 0 atom stereocenters. The third-order valence-electron chi connectivity index (χ3n) is 4.46. The molecule has 3 rings (SSSR count). The third-order valence-corrected chi connectivity index (χ3v) is 5.96. The van der Waals surface area contributed by atoms with Crippen molar-refractivity contribution in [3.8, 4) is 17.6 Å². The fraction of sp³-hybridized carbons (Fsp3) is 0.0833. The molecule has 7 nitrogen and oxygen atoms in total. The summed E-state index contributed by atoms with van der Waals surface area (Å²) < 4.78 is 35.5. The van der Waals surface area contributed by atoms with Crippen LogP contribution >= 0.6 is 11.6 Å². The Morgan fingerprint density at radius 2 is 1.76 bits per heavy atom. The number of nitrogens with one attached hydrogen (secondary N) is 1. The number of amides is 1. The SMILES string of the molecule is COc1cc(/C=C(\C#N)C(=O)NCc2ccccc2)ccc1OS(=O)(=O)c1ccc(Cl)cc1. The topological polar surface area (TPSA) is 105 Å². The number of carbonyl (C=O) groups is 1. The van der Waals surface area contributed by atoms with E-state index in [0.29, 0.717) is 10.6 Å². The molecule has 0 aliphatic carbocycles. The van der Waals surface area contributed by atoms with Gasteiger partial charge in [-0.15, -0.1) is 0 Å². The standard InChI is InChI=1S/C24H19ClN2O5S/c1-31-23-14-18(13-19(15-26)24(28)27-16-17-5-3-2-4-6-17)7-12-22(23)32-33(29,30)21-10-8-20(25)9-11-21/h2-14H,16H2,1H3,(H,27,28)/b19-13+. The van der Waals surface area contributed by atoms with Gasteiger partial charge >= 0.3 is 10.1 Å². The molecule has 3 aromatic carbocycles. The van der Waals surface area contributed by atoms with E-state index in [1.165, 1.54) is 55.7 Å². The largest absolute Gasteiger partial charge is 0.493 e. The van der Waals surface area contributed by atoms with Crippen molar-refractivity contribution < 1.29 is 22.1 Å². The lowest BCUT2D eigenvalue weighted by Gasteiger charge is -2.11. The van der Waals surface area contributed by atoms with Crippen LogP contribution in [0.2, 0.25) is 5.02 Å². The van der Waals surface area contributed by atoms with Gasteiger partial charge < -0.3 is 14.2 Å². The Bertz CT molecular complexity index is 1320. The van der Waals surface area contributed by atoms with Crippen molar-refractivity contribution in [2.75, 3.05) is 7.11 Å². The van der Waals surface area contributed by atoms with Crippen LogP contribution in [0.1, 0.15) is 11.1 Å². The Morgan fingerprint density at radius 1 is 1.06 bits per heavy atom. The van der Waals surface area contributed by atoms with Crippen LogP contribution in [-0.2, 0) is 21.5 Å². The molecule has 33 heavy (non-hydrogen) atoms. The zero-order valence-electron chi connectivity index (χ0n) is 17.5. The highest BCUT2D eigenvalue weighted by molar-refractivity contribution is 7.87. The molecule has 0 aromatic heterocycles. The van der Waals surface area contributed by atoms with E-state index in [2.05, 4.69) is 5.32 Å². The molecule has 0 fully saturated rings. The fourth-order valence-corrected chi connectivity index (χ4v) is 3.86. The van der Waals surface area contributed by atoms with Crippen molar-refractivity contribution >= 4 is 33.7 Å². The molecule has 0 bridgehead atoms. The number of halogens is 1. The van der Waals surface area contributed by atoms with Crippen LogP contribution in [0.5, 0.6) is 11.5 Å². The zero-order valence-corrected chi connectivity index (χ0v) is 19.1. The zero-order chi connectivity index (χ0) is 23.8. The molecule has 0 unspecified atom stereocenters. The number of benzene rings is 3. The Morgan fingerprint density at radius 3 is 2.39 bits per heavy atom. The van der Waals surface area contributed by atoms with Crippen LogP contribution < -0.4 is 14.2 Å². The third kappa shape index (κ3) is 6.35. The first-order valence-corrected chi connectivity index (χ1v) is 11.4. The Hall–Kier alpha value is -3.80. The van der Waals surface area contributed by atoms with Gasteiger partial charge in [0.05, 0.1) is 7.11 Å². The monoisotopic (exact) mass is 482 g/mol.